The molecule has 6 nitrogen and oxygen atoms in total. The van der Waals surface area contributed by atoms with Crippen molar-refractivity contribution in [2.75, 3.05) is 5.75 Å². The number of halogens is 1. The predicted octanol–water partition coefficient (Wildman–Crippen LogP) is 4.18. The van der Waals surface area contributed by atoms with Crippen molar-refractivity contribution >= 4 is 62.2 Å². The molecule has 9 heteroatoms. The Kier molecular flexibility index (Phi) is 6.60. The van der Waals surface area contributed by atoms with Crippen LogP contribution in [0.1, 0.15) is 17.5 Å². The van der Waals surface area contributed by atoms with Crippen molar-refractivity contribution in [1.29, 1.82) is 0 Å². The van der Waals surface area contributed by atoms with Crippen molar-refractivity contribution in [3.8, 4) is 0 Å². The average molecular weight is 504 g/mol. The number of hydrogen-bond donors (Lipinski definition) is 2. The molecule has 1 fully saturated rings. The Morgan fingerprint density at radius 3 is 2.77 bits per heavy atom. The molecular formula is C21H18BrN3O3S2. The largest absolute Gasteiger partial charge is 0.481 e. The van der Waals surface area contributed by atoms with E-state index in [9.17, 15) is 9.59 Å². The van der Waals surface area contributed by atoms with Crippen molar-refractivity contribution in [3.05, 3.63) is 64.1 Å². The van der Waals surface area contributed by atoms with Crippen molar-refractivity contribution in [2.24, 2.45) is 16.1 Å². The van der Waals surface area contributed by atoms with Crippen LogP contribution in [0.25, 0.3) is 0 Å². The van der Waals surface area contributed by atoms with Crippen LogP contribution in [0, 0.1) is 5.92 Å². The van der Waals surface area contributed by atoms with Crippen molar-refractivity contribution in [1.82, 2.24) is 5.32 Å². The third-order valence-electron chi connectivity index (χ3n) is 4.75. The zero-order valence-corrected chi connectivity index (χ0v) is 19.0. The summed E-state index contributed by atoms with van der Waals surface area (Å²) in [4.78, 5) is 24.1. The molecule has 1 amide bonds. The van der Waals surface area contributed by atoms with E-state index in [2.05, 4.69) is 49.6 Å². The first kappa shape index (κ1) is 21.1. The molecule has 1 saturated heterocycles. The van der Waals surface area contributed by atoms with Gasteiger partial charge in [0.15, 0.2) is 5.17 Å². The van der Waals surface area contributed by atoms with Crippen LogP contribution in [-0.4, -0.2) is 38.9 Å². The number of carboxylic acid groups (broad SMARTS) is 1. The van der Waals surface area contributed by atoms with E-state index in [-0.39, 0.29) is 18.2 Å². The van der Waals surface area contributed by atoms with Crippen LogP contribution in [0.2, 0.25) is 0 Å². The summed E-state index contributed by atoms with van der Waals surface area (Å²) in [5.41, 5.74) is 3.13. The molecule has 0 saturated carbocycles. The second kappa shape index (κ2) is 9.36. The SMILES string of the molecule is O=C(O)CC1SC(=NN=C2c3cc(Br)ccc3SCC2Cc2ccccc2)NC1=O. The number of benzene rings is 2. The van der Waals surface area contributed by atoms with Gasteiger partial charge in [-0.2, -0.15) is 5.10 Å². The Labute approximate surface area is 190 Å². The zero-order chi connectivity index (χ0) is 21.1. The molecule has 4 rings (SSSR count). The minimum absolute atomic E-state index is 0.167. The van der Waals surface area contributed by atoms with Gasteiger partial charge in [-0.15, -0.1) is 16.9 Å². The molecule has 2 aromatic rings. The molecule has 2 unspecified atom stereocenters. The molecule has 2 aromatic carbocycles. The lowest BCUT2D eigenvalue weighted by Crippen LogP contribution is -2.27. The minimum Gasteiger partial charge on any atom is -0.481 e. The first-order valence-corrected chi connectivity index (χ1v) is 12.0. The summed E-state index contributed by atoms with van der Waals surface area (Å²) in [5.74, 6) is -0.305. The number of fused-ring (bicyclic) bond motifs is 1. The molecule has 154 valence electrons. The lowest BCUT2D eigenvalue weighted by Gasteiger charge is -2.26. The predicted molar refractivity (Wildman–Crippen MR) is 124 cm³/mol. The van der Waals surface area contributed by atoms with Gasteiger partial charge in [-0.1, -0.05) is 58.0 Å². The number of carboxylic acids is 1. The highest BCUT2D eigenvalue weighted by Gasteiger charge is 2.32. The number of thioether (sulfide) groups is 2. The van der Waals surface area contributed by atoms with Crippen LogP contribution >= 0.6 is 39.5 Å². The van der Waals surface area contributed by atoms with Crippen LogP contribution in [0.5, 0.6) is 0 Å². The third-order valence-corrected chi connectivity index (χ3v) is 7.56. The zero-order valence-electron chi connectivity index (χ0n) is 15.7. The first-order valence-electron chi connectivity index (χ1n) is 9.31. The lowest BCUT2D eigenvalue weighted by atomic mass is 9.91. The molecule has 2 N–H and O–H groups in total. The van der Waals surface area contributed by atoms with Crippen molar-refractivity contribution in [2.45, 2.75) is 23.0 Å². The second-order valence-corrected chi connectivity index (χ2v) is 10.1. The number of aliphatic carboxylic acids is 1. The number of rotatable bonds is 5. The number of nitrogens with one attached hydrogen (secondary N) is 1. The van der Waals surface area contributed by atoms with E-state index in [1.807, 2.05) is 30.3 Å². The van der Waals surface area contributed by atoms with E-state index < -0.39 is 11.2 Å². The average Bonchev–Trinajstić information content (AvgIpc) is 3.06. The van der Waals surface area contributed by atoms with Crippen LogP contribution in [0.4, 0.5) is 0 Å². The number of amidine groups is 1. The number of hydrogen-bond acceptors (Lipinski definition) is 6. The molecule has 0 bridgehead atoms. The van der Waals surface area contributed by atoms with Crippen LogP contribution < -0.4 is 5.32 Å². The maximum absolute atomic E-state index is 12.0. The number of amides is 1. The standard InChI is InChI=1S/C21H18BrN3O3S2/c22-14-6-7-16-15(9-14)19(13(11-29-16)8-12-4-2-1-3-5-12)24-25-21-23-20(28)17(30-21)10-18(26)27/h1-7,9,13,17H,8,10-11H2,(H,26,27)(H,23,25,28). The number of carbonyl (C=O) groups excluding carboxylic acids is 1. The fraction of sp³-hybridized carbons (Fsp3) is 0.238. The van der Waals surface area contributed by atoms with Crippen molar-refractivity contribution < 1.29 is 14.7 Å². The van der Waals surface area contributed by atoms with Gasteiger partial charge in [-0.3, -0.25) is 9.59 Å². The molecule has 0 aromatic heterocycles. The van der Waals surface area contributed by atoms with Gasteiger partial charge >= 0.3 is 5.97 Å². The van der Waals surface area contributed by atoms with Gasteiger partial charge in [0.05, 0.1) is 12.1 Å². The van der Waals surface area contributed by atoms with Crippen LogP contribution in [0.3, 0.4) is 0 Å². The molecule has 0 spiro atoms. The summed E-state index contributed by atoms with van der Waals surface area (Å²) in [7, 11) is 0. The summed E-state index contributed by atoms with van der Waals surface area (Å²) < 4.78 is 0.965. The van der Waals surface area contributed by atoms with Gasteiger partial charge in [0, 0.05) is 26.6 Å². The smallest absolute Gasteiger partial charge is 0.305 e. The van der Waals surface area contributed by atoms with Gasteiger partial charge in [-0.25, -0.2) is 0 Å². The second-order valence-electron chi connectivity index (χ2n) is 6.92. The summed E-state index contributed by atoms with van der Waals surface area (Å²) in [6, 6.07) is 16.4. The first-order chi connectivity index (χ1) is 14.5. The van der Waals surface area contributed by atoms with Gasteiger partial charge < -0.3 is 10.4 Å². The van der Waals surface area contributed by atoms with E-state index in [0.29, 0.717) is 5.17 Å². The molecule has 30 heavy (non-hydrogen) atoms. The normalized spacial score (nSPS) is 23.4. The van der Waals surface area contributed by atoms with E-state index in [0.717, 1.165) is 44.6 Å². The minimum atomic E-state index is -1.01. The molecule has 0 radical (unpaired) electrons. The van der Waals surface area contributed by atoms with E-state index in [1.165, 1.54) is 5.56 Å². The van der Waals surface area contributed by atoms with Crippen LogP contribution in [-0.2, 0) is 16.0 Å². The van der Waals surface area contributed by atoms with Crippen molar-refractivity contribution in [3.63, 3.8) is 0 Å². The Morgan fingerprint density at radius 2 is 2.00 bits per heavy atom. The Morgan fingerprint density at radius 1 is 1.20 bits per heavy atom. The summed E-state index contributed by atoms with van der Waals surface area (Å²) in [6.07, 6.45) is 0.597. The highest BCUT2D eigenvalue weighted by Crippen LogP contribution is 2.36. The summed E-state index contributed by atoms with van der Waals surface area (Å²) >= 11 is 6.46. The van der Waals surface area contributed by atoms with Gasteiger partial charge in [0.2, 0.25) is 5.91 Å². The van der Waals surface area contributed by atoms with E-state index in [1.54, 1.807) is 11.8 Å². The quantitative estimate of drug-likeness (QED) is 0.597. The fourth-order valence-electron chi connectivity index (χ4n) is 3.35. The highest BCUT2D eigenvalue weighted by atomic mass is 79.9. The summed E-state index contributed by atoms with van der Waals surface area (Å²) in [5, 5.41) is 20.1. The van der Waals surface area contributed by atoms with Crippen LogP contribution in [0.15, 0.2) is 68.1 Å². The molecule has 2 aliphatic heterocycles. The van der Waals surface area contributed by atoms with E-state index in [4.69, 9.17) is 5.11 Å². The Hall–Kier alpha value is -2.10. The van der Waals surface area contributed by atoms with Gasteiger partial charge in [-0.05, 0) is 30.2 Å². The monoisotopic (exact) mass is 503 g/mol. The molecule has 0 aliphatic carbocycles. The number of nitrogens with zero attached hydrogens (tertiary/aromatic N) is 2. The van der Waals surface area contributed by atoms with Gasteiger partial charge in [0.1, 0.15) is 5.25 Å². The third kappa shape index (κ3) is 4.96. The fourth-order valence-corrected chi connectivity index (χ4v) is 5.76. The topological polar surface area (TPSA) is 91.1 Å². The Bertz CT molecular complexity index is 1040. The summed E-state index contributed by atoms with van der Waals surface area (Å²) in [6.45, 7) is 0. The molecule has 2 aliphatic rings. The lowest BCUT2D eigenvalue weighted by molar-refractivity contribution is -0.138. The molecule has 2 atom stereocenters. The molecule has 2 heterocycles. The van der Waals surface area contributed by atoms with E-state index >= 15 is 0 Å². The maximum Gasteiger partial charge on any atom is 0.305 e. The molecular weight excluding hydrogens is 486 g/mol. The Balaban J connectivity index is 1.65. The highest BCUT2D eigenvalue weighted by molar-refractivity contribution is 9.10. The number of carbonyl (C=O) groups is 2. The van der Waals surface area contributed by atoms with Gasteiger partial charge in [0.25, 0.3) is 0 Å². The maximum atomic E-state index is 12.0.